The van der Waals surface area contributed by atoms with Gasteiger partial charge in [-0.2, -0.15) is 0 Å². The number of carbonyl (C=O) groups is 17. The number of anilines is 1. The number of imide groups is 4. The van der Waals surface area contributed by atoms with Crippen LogP contribution in [0.4, 0.5) is 64.9 Å². The van der Waals surface area contributed by atoms with Gasteiger partial charge in [0.1, 0.15) is 68.0 Å². The molecule has 0 radical (unpaired) electrons. The molecule has 52 heteroatoms. The highest BCUT2D eigenvalue weighted by molar-refractivity contribution is 6.30. The van der Waals surface area contributed by atoms with Crippen molar-refractivity contribution >= 4 is 162 Å². The second-order valence-corrected chi connectivity index (χ2v) is 36.6. The number of nitrogens with one attached hydrogen (secondary N) is 10. The summed E-state index contributed by atoms with van der Waals surface area (Å²) < 4.78 is 161. The van der Waals surface area contributed by atoms with Crippen molar-refractivity contribution in [2.75, 3.05) is 79.7 Å². The molecule has 17 heterocycles. The van der Waals surface area contributed by atoms with Crippen molar-refractivity contribution in [3.05, 3.63) is 240 Å². The third kappa shape index (κ3) is 15.5. The molecule has 20 amide bonds. The number of benzene rings is 6. The first-order valence-corrected chi connectivity index (χ1v) is 44.9. The van der Waals surface area contributed by atoms with Gasteiger partial charge in [0.2, 0.25) is 11.8 Å². The van der Waals surface area contributed by atoms with E-state index < -0.39 is 218 Å². The zero-order valence-corrected chi connectivity index (χ0v) is 78.3. The zero-order chi connectivity index (χ0) is 105. The molecular formula is C96H73ClF8N18O25. The Hall–Kier alpha value is -18.1. The summed E-state index contributed by atoms with van der Waals surface area (Å²) in [6.07, 6.45) is -0.780. The van der Waals surface area contributed by atoms with Gasteiger partial charge in [0.15, 0.2) is 114 Å². The Morgan fingerprint density at radius 3 is 0.946 bits per heavy atom. The van der Waals surface area contributed by atoms with Gasteiger partial charge in [0, 0.05) is 105 Å². The topological polar surface area (TPSA) is 545 Å². The van der Waals surface area contributed by atoms with Gasteiger partial charge in [-0.05, 0) is 84.6 Å². The number of ketones is 2. The molecule has 6 atom stereocenters. The smallest absolute Gasteiger partial charge is 0.325 e. The van der Waals surface area contributed by atoms with E-state index in [-0.39, 0.29) is 169 Å². The van der Waals surface area contributed by atoms with E-state index in [1.54, 1.807) is 19.2 Å². The van der Waals surface area contributed by atoms with E-state index in [0.29, 0.717) is 28.8 Å². The van der Waals surface area contributed by atoms with Gasteiger partial charge in [-0.1, -0.05) is 35.9 Å². The maximum absolute atomic E-state index is 15.2. The molecule has 0 bridgehead atoms. The van der Waals surface area contributed by atoms with Gasteiger partial charge in [-0.3, -0.25) is 83.7 Å². The van der Waals surface area contributed by atoms with Crippen LogP contribution in [0.1, 0.15) is 125 Å². The van der Waals surface area contributed by atoms with Crippen molar-refractivity contribution < 1.29 is 153 Å². The van der Waals surface area contributed by atoms with E-state index in [2.05, 4.69) is 63.1 Å². The second kappa shape index (κ2) is 35.2. The van der Waals surface area contributed by atoms with E-state index in [4.69, 9.17) is 48.2 Å². The summed E-state index contributed by atoms with van der Waals surface area (Å²) in [5.41, 5.74) is -10.1. The first kappa shape index (κ1) is 97.3. The summed E-state index contributed by atoms with van der Waals surface area (Å²) in [6, 6.07) is 20.1. The van der Waals surface area contributed by atoms with Crippen molar-refractivity contribution in [3.8, 4) is 23.0 Å². The number of methoxy groups -OCH3 is 4. The van der Waals surface area contributed by atoms with E-state index in [0.717, 1.165) is 24.3 Å². The van der Waals surface area contributed by atoms with Crippen molar-refractivity contribution in [1.82, 2.24) is 87.6 Å². The minimum Gasteiger partial charge on any atom is -0.494 e. The lowest BCUT2D eigenvalue weighted by atomic mass is 9.88. The molecule has 760 valence electrons. The number of fused-ring (bicyclic) bond motifs is 8. The Morgan fingerprint density at radius 1 is 0.365 bits per heavy atom. The summed E-state index contributed by atoms with van der Waals surface area (Å²) in [5, 5.41) is 23.6. The lowest BCUT2D eigenvalue weighted by Gasteiger charge is -2.29. The molecule has 6 aromatic heterocycles. The second-order valence-electron chi connectivity index (χ2n) is 36.3. The first-order chi connectivity index (χ1) is 70.3. The number of furan rings is 4. The molecule has 148 heavy (non-hydrogen) atoms. The Balaban J connectivity index is 0.000000120. The maximum Gasteiger partial charge on any atom is 0.325 e. The monoisotopic (exact) mass is 2060 g/mol. The first-order valence-electron chi connectivity index (χ1n) is 44.5. The average molecular weight is 2070 g/mol. The Bertz CT molecular complexity index is 7810. The Labute approximate surface area is 827 Å². The third-order valence-corrected chi connectivity index (χ3v) is 27.7. The number of halogens is 9. The predicted octanol–water partition coefficient (Wildman–Crippen LogP) is 7.56. The van der Waals surface area contributed by atoms with Gasteiger partial charge in [0.25, 0.3) is 47.3 Å². The number of Topliss-reactive ketones (excluding diaryl/α,β-unsaturated/α-hetero) is 2. The van der Waals surface area contributed by atoms with Crippen LogP contribution in [0.15, 0.2) is 127 Å². The number of nitrogens with zero attached hydrogens (tertiary/aromatic N) is 8. The number of hydrogen-bond donors (Lipinski definition) is 10. The minimum absolute atomic E-state index is 0.00763. The Morgan fingerprint density at radius 2 is 0.662 bits per heavy atom. The van der Waals surface area contributed by atoms with E-state index in [1.165, 1.54) is 144 Å². The minimum atomic E-state index is -1.92. The molecule has 0 unspecified atom stereocenters. The number of rotatable bonds is 19. The lowest BCUT2D eigenvalue weighted by Crippen LogP contribution is -2.52. The standard InChI is InChI=1S/2C26H20F2N4O7.C24H20F2N6O6.C20H13ClF2N4O5/c2*1-25(17(33)8-19(34)30-25)13-5-12-6-18(39-16(12)7-14(13)27)26(23(36)29-24(37)31-26)10-32-9-11-3-4-15(38-2)21(28)20(11)22(32)35;1-30-5-6-32(23(30)36)19-12(25)7-15-13(27-19)8-16(38-15)24(21(34)28-22(35)29-24)10-31-9-11-3-4-14(37-2)18(26)17(11)20(31)33;1-31-11-3-2-8-6-27(17(28)14(8)15(11)23)7-20(18(29)25-19(30)26-20)13-5-10-12(32-13)4-9(22)16(21)24-10/h2*3-7H,8-10H2,1-2H3,(H,30,34)(H2,29,31,36,37);3-4,7-8H,5-6,9-10H2,1-2H3,(H2,28,29,34,35);2-5H,6-7H2,1H3,(H2,25,26,29,30)/t25-,26+;25-,26-;24-;20-/m1000/s1. The fourth-order valence-electron chi connectivity index (χ4n) is 19.8. The largest absolute Gasteiger partial charge is 0.494 e. The van der Waals surface area contributed by atoms with Crippen LogP contribution in [0.5, 0.6) is 23.0 Å². The molecular weight excluding hydrogens is 1990 g/mol. The highest BCUT2D eigenvalue weighted by atomic mass is 35.5. The Kier molecular flexibility index (Phi) is 23.1. The number of aromatic nitrogens is 2. The predicted molar refractivity (Wildman–Crippen MR) is 485 cm³/mol. The number of ether oxygens (including phenoxy) is 4. The van der Waals surface area contributed by atoms with Gasteiger partial charge in [0.05, 0.1) is 89.7 Å². The highest BCUT2D eigenvalue weighted by Crippen LogP contribution is 2.46. The number of amides is 20. The summed E-state index contributed by atoms with van der Waals surface area (Å²) >= 11 is 5.72. The van der Waals surface area contributed by atoms with Crippen LogP contribution in [-0.2, 0) is 97.8 Å². The summed E-state index contributed by atoms with van der Waals surface area (Å²) in [4.78, 5) is 230. The van der Waals surface area contributed by atoms with Gasteiger partial charge in [-0.15, -0.1) is 0 Å². The van der Waals surface area contributed by atoms with Crippen LogP contribution in [0.3, 0.4) is 0 Å². The molecule has 11 aliphatic heterocycles. The van der Waals surface area contributed by atoms with Gasteiger partial charge in [-0.25, -0.2) is 69.1 Å². The lowest BCUT2D eigenvalue weighted by molar-refractivity contribution is -0.126. The summed E-state index contributed by atoms with van der Waals surface area (Å²) in [7, 11) is 6.67. The van der Waals surface area contributed by atoms with Crippen LogP contribution in [0, 0.1) is 46.5 Å². The molecule has 0 aliphatic carbocycles. The van der Waals surface area contributed by atoms with Gasteiger partial charge >= 0.3 is 30.2 Å². The molecule has 10 N–H and O–H groups in total. The van der Waals surface area contributed by atoms with Crippen LogP contribution >= 0.6 is 11.6 Å². The molecule has 7 saturated heterocycles. The SMILES string of the molecule is COc1ccc2c(c1F)C(=O)N(C[C@@]1(c3cc4cc([C@@]5(C)NC(=O)CC5=O)c(F)cc4o3)NC(=O)NC1=O)C2.COc1ccc2c(c1F)C(=O)N(C[C@@]1(c3cc4cc([C@]5(C)NC(=O)CC5=O)c(F)cc4o3)NC(=O)NC1=O)C2.COc1ccc2c(c1F)C(=O)N(C[C@@]1(c3cc4nc(Cl)c(F)cc4o3)NC(=O)NC1=O)C2.COc1ccc2c(c1F)C(=O)N(C[C@@]1(c3cc4nc(N5CCN(C)C5=O)c(F)cc4o3)NC(=O)NC1=O)C2. The van der Waals surface area contributed by atoms with Crippen molar-refractivity contribution in [1.29, 1.82) is 0 Å². The van der Waals surface area contributed by atoms with Crippen molar-refractivity contribution in [3.63, 3.8) is 0 Å². The van der Waals surface area contributed by atoms with Crippen LogP contribution < -0.4 is 77.0 Å². The number of hydrogen-bond acceptors (Lipinski definition) is 27. The zero-order valence-electron chi connectivity index (χ0n) is 77.6. The molecule has 23 rings (SSSR count). The fraction of sp³-hybridized carbons (Fsp3) is 0.260. The third-order valence-electron chi connectivity index (χ3n) is 27.4. The van der Waals surface area contributed by atoms with Crippen LogP contribution in [-0.4, -0.2) is 210 Å². The average Bonchev–Trinajstić information content (AvgIpc) is 1.57. The molecule has 7 fully saturated rings. The van der Waals surface area contributed by atoms with Crippen molar-refractivity contribution in [2.24, 2.45) is 0 Å². The molecule has 43 nitrogen and oxygen atoms in total. The molecule has 0 saturated carbocycles. The van der Waals surface area contributed by atoms with E-state index in [1.807, 2.05) is 0 Å². The van der Waals surface area contributed by atoms with Crippen molar-refractivity contribution in [2.45, 2.75) is 86.1 Å². The maximum atomic E-state index is 15.2. The number of urea groups is 5. The van der Waals surface area contributed by atoms with Crippen LogP contribution in [0.2, 0.25) is 5.15 Å². The quantitative estimate of drug-likeness (QED) is 0.0161. The van der Waals surface area contributed by atoms with E-state index >= 15 is 8.78 Å². The number of carbonyl (C=O) groups excluding carboxylic acids is 17. The normalized spacial score (nSPS) is 22.5. The molecule has 6 aromatic carbocycles. The highest BCUT2D eigenvalue weighted by Gasteiger charge is 2.60. The van der Waals surface area contributed by atoms with Crippen LogP contribution in [0.25, 0.3) is 44.1 Å². The fourth-order valence-corrected chi connectivity index (χ4v) is 19.9. The summed E-state index contributed by atoms with van der Waals surface area (Å²) in [5.74, 6) is -15.9. The summed E-state index contributed by atoms with van der Waals surface area (Å²) in [6.45, 7) is 1.59. The number of likely N-dealkylation sites (N-methyl/N-ethyl adjacent to an activating group) is 1. The molecule has 0 spiro atoms. The molecule has 12 aromatic rings. The van der Waals surface area contributed by atoms with E-state index in [9.17, 15) is 108 Å². The molecule has 11 aliphatic rings. The number of pyridine rings is 2. The van der Waals surface area contributed by atoms with Gasteiger partial charge < -0.3 is 93.0 Å².